The highest BCUT2D eigenvalue weighted by molar-refractivity contribution is 9.10. The Balaban J connectivity index is 1.94. The van der Waals surface area contributed by atoms with Crippen molar-refractivity contribution in [2.45, 2.75) is 25.4 Å². The van der Waals surface area contributed by atoms with Crippen molar-refractivity contribution >= 4 is 15.9 Å². The van der Waals surface area contributed by atoms with Crippen molar-refractivity contribution < 1.29 is 14.9 Å². The van der Waals surface area contributed by atoms with Crippen LogP contribution < -0.4 is 4.74 Å². The number of rotatable bonds is 3. The van der Waals surface area contributed by atoms with Gasteiger partial charge in [-0.2, -0.15) is 0 Å². The van der Waals surface area contributed by atoms with E-state index in [4.69, 9.17) is 4.74 Å². The molecule has 1 heterocycles. The molecule has 0 bridgehead atoms. The van der Waals surface area contributed by atoms with Gasteiger partial charge in [0, 0.05) is 17.3 Å². The molecule has 1 aliphatic heterocycles. The van der Waals surface area contributed by atoms with Crippen LogP contribution >= 0.6 is 15.9 Å². The summed E-state index contributed by atoms with van der Waals surface area (Å²) in [6.45, 7) is 2.47. The second-order valence-electron chi connectivity index (χ2n) is 5.65. The Labute approximate surface area is 132 Å². The molecule has 0 radical (unpaired) electrons. The normalized spacial score (nSPS) is 16.1. The van der Waals surface area contributed by atoms with Crippen LogP contribution in [0.4, 0.5) is 0 Å². The Morgan fingerprint density at radius 1 is 1.24 bits per heavy atom. The number of fused-ring (bicyclic) bond motifs is 1. The van der Waals surface area contributed by atoms with Crippen molar-refractivity contribution in [3.63, 3.8) is 0 Å². The van der Waals surface area contributed by atoms with Crippen molar-refractivity contribution in [1.82, 2.24) is 0 Å². The van der Waals surface area contributed by atoms with Crippen LogP contribution in [0.3, 0.4) is 0 Å². The molecule has 0 aromatic heterocycles. The molecule has 1 aliphatic rings. The van der Waals surface area contributed by atoms with Crippen LogP contribution in [0.15, 0.2) is 40.9 Å². The lowest BCUT2D eigenvalue weighted by Crippen LogP contribution is -2.24. The first-order chi connectivity index (χ1) is 9.95. The van der Waals surface area contributed by atoms with E-state index >= 15 is 0 Å². The average molecular weight is 349 g/mol. The molecule has 0 spiro atoms. The van der Waals surface area contributed by atoms with Crippen LogP contribution in [-0.2, 0) is 18.4 Å². The van der Waals surface area contributed by atoms with Gasteiger partial charge in [0.15, 0.2) is 0 Å². The fraction of sp³-hybridized carbons (Fsp3) is 0.294. The molecular formula is C17H17BrO3. The topological polar surface area (TPSA) is 49.7 Å². The maximum atomic E-state index is 10.8. The quantitative estimate of drug-likeness (QED) is 0.891. The number of halogens is 1. The highest BCUT2D eigenvalue weighted by Gasteiger charge is 2.27. The van der Waals surface area contributed by atoms with Crippen LogP contribution in [0, 0.1) is 0 Å². The van der Waals surface area contributed by atoms with Crippen LogP contribution in [0.25, 0.3) is 0 Å². The minimum atomic E-state index is -1.02. The summed E-state index contributed by atoms with van der Waals surface area (Å²) in [5.41, 5.74) is 1.93. The molecule has 21 heavy (non-hydrogen) atoms. The van der Waals surface area contributed by atoms with E-state index in [-0.39, 0.29) is 5.75 Å². The van der Waals surface area contributed by atoms with Crippen molar-refractivity contribution in [2.75, 3.05) is 6.61 Å². The van der Waals surface area contributed by atoms with E-state index in [1.165, 1.54) is 5.56 Å². The van der Waals surface area contributed by atoms with Crippen LogP contribution in [0.5, 0.6) is 11.5 Å². The first kappa shape index (κ1) is 14.4. The number of phenols is 1. The third kappa shape index (κ3) is 2.92. The van der Waals surface area contributed by atoms with E-state index in [0.29, 0.717) is 13.0 Å². The van der Waals surface area contributed by atoms with Gasteiger partial charge in [-0.3, -0.25) is 0 Å². The monoisotopic (exact) mass is 348 g/mol. The molecule has 0 amide bonds. The minimum Gasteiger partial charge on any atom is -0.508 e. The summed E-state index contributed by atoms with van der Waals surface area (Å²) in [6, 6.07) is 10.7. The van der Waals surface area contributed by atoms with E-state index in [2.05, 4.69) is 22.0 Å². The molecule has 110 valence electrons. The fourth-order valence-electron chi connectivity index (χ4n) is 2.77. The van der Waals surface area contributed by atoms with E-state index in [1.54, 1.807) is 31.2 Å². The Kier molecular flexibility index (Phi) is 3.68. The van der Waals surface area contributed by atoms with Crippen molar-refractivity contribution in [3.05, 3.63) is 57.6 Å². The molecule has 2 aromatic rings. The molecule has 2 aromatic carbocycles. The van der Waals surface area contributed by atoms with E-state index in [1.807, 2.05) is 6.07 Å². The largest absolute Gasteiger partial charge is 0.508 e. The van der Waals surface area contributed by atoms with E-state index < -0.39 is 5.60 Å². The fourth-order valence-corrected chi connectivity index (χ4v) is 3.32. The Bertz CT molecular complexity index is 662. The van der Waals surface area contributed by atoms with Gasteiger partial charge in [-0.25, -0.2) is 0 Å². The van der Waals surface area contributed by atoms with Gasteiger partial charge in [0.05, 0.1) is 12.2 Å². The highest BCUT2D eigenvalue weighted by atomic mass is 79.9. The summed E-state index contributed by atoms with van der Waals surface area (Å²) in [6.07, 6.45) is 1.36. The zero-order valence-corrected chi connectivity index (χ0v) is 13.4. The Hall–Kier alpha value is -1.52. The van der Waals surface area contributed by atoms with Crippen molar-refractivity contribution in [3.8, 4) is 11.5 Å². The van der Waals surface area contributed by atoms with Crippen molar-refractivity contribution in [2.24, 2.45) is 0 Å². The zero-order valence-electron chi connectivity index (χ0n) is 11.8. The second kappa shape index (κ2) is 5.35. The lowest BCUT2D eigenvalue weighted by Gasteiger charge is -2.25. The third-order valence-electron chi connectivity index (χ3n) is 3.85. The number of aliphatic hydroxyl groups is 1. The first-order valence-corrected chi connectivity index (χ1v) is 7.71. The SMILES string of the molecule is CC(O)(Cc1cc(Br)cc2c1OCC2)c1ccc(O)cc1. The standard InChI is InChI=1S/C17H17BrO3/c1-17(20,13-2-4-15(19)5-3-13)10-12-9-14(18)8-11-6-7-21-16(11)12/h2-5,8-9,19-20H,6-7,10H2,1H3. The lowest BCUT2D eigenvalue weighted by atomic mass is 9.88. The number of phenolic OH excluding ortho intramolecular Hbond substituents is 1. The second-order valence-corrected chi connectivity index (χ2v) is 6.56. The molecule has 3 rings (SSSR count). The molecule has 0 aliphatic carbocycles. The molecule has 0 saturated heterocycles. The number of hydrogen-bond acceptors (Lipinski definition) is 3. The molecule has 3 nitrogen and oxygen atoms in total. The third-order valence-corrected chi connectivity index (χ3v) is 4.31. The average Bonchev–Trinajstić information content (AvgIpc) is 2.87. The molecule has 0 fully saturated rings. The molecule has 1 atom stereocenters. The predicted molar refractivity (Wildman–Crippen MR) is 84.7 cm³/mol. The summed E-state index contributed by atoms with van der Waals surface area (Å²) in [7, 11) is 0. The Morgan fingerprint density at radius 3 is 2.67 bits per heavy atom. The summed E-state index contributed by atoms with van der Waals surface area (Å²) in [4.78, 5) is 0. The molecule has 2 N–H and O–H groups in total. The highest BCUT2D eigenvalue weighted by Crippen LogP contribution is 2.37. The maximum absolute atomic E-state index is 10.8. The van der Waals surface area contributed by atoms with Crippen LogP contribution in [0.1, 0.15) is 23.6 Å². The Morgan fingerprint density at radius 2 is 1.95 bits per heavy atom. The smallest absolute Gasteiger partial charge is 0.126 e. The summed E-state index contributed by atoms with van der Waals surface area (Å²) in [5.74, 6) is 1.10. The minimum absolute atomic E-state index is 0.196. The molecular weight excluding hydrogens is 332 g/mol. The van der Waals surface area contributed by atoms with Crippen LogP contribution in [-0.4, -0.2) is 16.8 Å². The first-order valence-electron chi connectivity index (χ1n) is 6.92. The van der Waals surface area contributed by atoms with Gasteiger partial charge in [0.1, 0.15) is 11.5 Å². The van der Waals surface area contributed by atoms with E-state index in [0.717, 1.165) is 27.8 Å². The van der Waals surface area contributed by atoms with Gasteiger partial charge in [-0.15, -0.1) is 0 Å². The predicted octanol–water partition coefficient (Wildman–Crippen LogP) is 3.54. The maximum Gasteiger partial charge on any atom is 0.126 e. The van der Waals surface area contributed by atoms with Crippen LogP contribution in [0.2, 0.25) is 0 Å². The number of aromatic hydroxyl groups is 1. The van der Waals surface area contributed by atoms with Gasteiger partial charge >= 0.3 is 0 Å². The molecule has 0 saturated carbocycles. The van der Waals surface area contributed by atoms with E-state index in [9.17, 15) is 10.2 Å². The number of ether oxygens (including phenoxy) is 1. The van der Waals surface area contributed by atoms with Gasteiger partial charge in [0.2, 0.25) is 0 Å². The van der Waals surface area contributed by atoms with Crippen molar-refractivity contribution in [1.29, 1.82) is 0 Å². The summed E-state index contributed by atoms with van der Waals surface area (Å²) >= 11 is 3.52. The zero-order chi connectivity index (χ0) is 15.0. The summed E-state index contributed by atoms with van der Waals surface area (Å²) < 4.78 is 6.72. The molecule has 1 unspecified atom stereocenters. The number of hydrogen-bond donors (Lipinski definition) is 2. The number of benzene rings is 2. The van der Waals surface area contributed by atoms with Gasteiger partial charge in [-0.1, -0.05) is 28.1 Å². The van der Waals surface area contributed by atoms with Gasteiger partial charge in [0.25, 0.3) is 0 Å². The van der Waals surface area contributed by atoms with Gasteiger partial charge < -0.3 is 14.9 Å². The summed E-state index contributed by atoms with van der Waals surface area (Å²) in [5, 5.41) is 20.2. The van der Waals surface area contributed by atoms with Gasteiger partial charge in [-0.05, 0) is 47.9 Å². The molecule has 4 heteroatoms. The lowest BCUT2D eigenvalue weighted by molar-refractivity contribution is 0.0569.